The summed E-state index contributed by atoms with van der Waals surface area (Å²) in [6.07, 6.45) is 0. The fourth-order valence-corrected chi connectivity index (χ4v) is 1.66. The first-order valence-corrected chi connectivity index (χ1v) is 4.85. The van der Waals surface area contributed by atoms with Crippen LogP contribution in [0.1, 0.15) is 37.7 Å². The molecule has 0 aliphatic carbocycles. The largest absolute Gasteiger partial charge is 0.478 e. The fraction of sp³-hybridized carbons (Fsp3) is 0.364. The van der Waals surface area contributed by atoms with E-state index in [0.29, 0.717) is 16.8 Å². The maximum absolute atomic E-state index is 11.1. The van der Waals surface area contributed by atoms with Crippen molar-refractivity contribution in [2.75, 3.05) is 7.11 Å². The topological polar surface area (TPSA) is 96.7 Å². The number of carboxylic acid groups (broad SMARTS) is 2. The van der Waals surface area contributed by atoms with Crippen molar-refractivity contribution in [3.8, 4) is 0 Å². The third-order valence-electron chi connectivity index (χ3n) is 2.49. The number of ether oxygens (including phenoxy) is 1. The summed E-state index contributed by atoms with van der Waals surface area (Å²) in [6.45, 7) is 3.38. The van der Waals surface area contributed by atoms with Crippen LogP contribution in [-0.2, 0) is 11.3 Å². The molecule has 0 saturated carbocycles. The van der Waals surface area contributed by atoms with Crippen LogP contribution in [0.2, 0.25) is 0 Å². The molecule has 1 heterocycles. The van der Waals surface area contributed by atoms with Crippen LogP contribution < -0.4 is 0 Å². The Morgan fingerprint density at radius 1 is 1.24 bits per heavy atom. The van der Waals surface area contributed by atoms with Gasteiger partial charge < -0.3 is 14.9 Å². The van der Waals surface area contributed by atoms with Crippen molar-refractivity contribution in [1.29, 1.82) is 0 Å². The van der Waals surface area contributed by atoms with Crippen LogP contribution >= 0.6 is 0 Å². The third-order valence-corrected chi connectivity index (χ3v) is 2.49. The van der Waals surface area contributed by atoms with Gasteiger partial charge in [-0.2, -0.15) is 0 Å². The smallest absolute Gasteiger partial charge is 0.355 e. The van der Waals surface area contributed by atoms with Gasteiger partial charge in [-0.3, -0.25) is 0 Å². The lowest BCUT2D eigenvalue weighted by atomic mass is 10.00. The summed E-state index contributed by atoms with van der Waals surface area (Å²) >= 11 is 0. The summed E-state index contributed by atoms with van der Waals surface area (Å²) in [7, 11) is 1.48. The number of rotatable bonds is 4. The number of nitrogens with zero attached hydrogens (tertiary/aromatic N) is 1. The van der Waals surface area contributed by atoms with E-state index in [-0.39, 0.29) is 12.2 Å². The van der Waals surface area contributed by atoms with Crippen LogP contribution in [0, 0.1) is 13.8 Å². The minimum atomic E-state index is -1.35. The number of aryl methyl sites for hydroxylation is 1. The van der Waals surface area contributed by atoms with Gasteiger partial charge >= 0.3 is 11.9 Å². The van der Waals surface area contributed by atoms with E-state index in [9.17, 15) is 9.59 Å². The van der Waals surface area contributed by atoms with E-state index >= 15 is 0 Å². The van der Waals surface area contributed by atoms with E-state index < -0.39 is 17.6 Å². The van der Waals surface area contributed by atoms with Crippen molar-refractivity contribution in [2.24, 2.45) is 0 Å². The summed E-state index contributed by atoms with van der Waals surface area (Å²) in [5.74, 6) is -2.65. The van der Waals surface area contributed by atoms with Gasteiger partial charge in [-0.1, -0.05) is 0 Å². The zero-order chi connectivity index (χ0) is 13.2. The van der Waals surface area contributed by atoms with Crippen LogP contribution in [-0.4, -0.2) is 34.2 Å². The number of pyridine rings is 1. The lowest BCUT2D eigenvalue weighted by molar-refractivity contribution is 0.0644. The third kappa shape index (κ3) is 2.42. The molecule has 0 fully saturated rings. The van der Waals surface area contributed by atoms with Crippen molar-refractivity contribution in [1.82, 2.24) is 4.98 Å². The van der Waals surface area contributed by atoms with Gasteiger partial charge in [0, 0.05) is 18.4 Å². The second-order valence-electron chi connectivity index (χ2n) is 3.57. The van der Waals surface area contributed by atoms with Gasteiger partial charge in [-0.25, -0.2) is 14.6 Å². The molecule has 0 bridgehead atoms. The Hall–Kier alpha value is -1.95. The molecular weight excluding hydrogens is 226 g/mol. The zero-order valence-electron chi connectivity index (χ0n) is 9.77. The molecule has 1 aromatic heterocycles. The predicted molar refractivity (Wildman–Crippen MR) is 58.3 cm³/mol. The number of aromatic nitrogens is 1. The number of methoxy groups -OCH3 is 1. The molecule has 0 amide bonds. The minimum absolute atomic E-state index is 0.199. The predicted octanol–water partition coefficient (Wildman–Crippen LogP) is 1.24. The van der Waals surface area contributed by atoms with Crippen LogP contribution in [0.4, 0.5) is 0 Å². The van der Waals surface area contributed by atoms with Gasteiger partial charge in [0.1, 0.15) is 0 Å². The lowest BCUT2D eigenvalue weighted by Gasteiger charge is -2.13. The molecule has 0 aliphatic heterocycles. The van der Waals surface area contributed by atoms with Gasteiger partial charge in [-0.05, 0) is 19.4 Å². The Bertz CT molecular complexity index is 481. The fourth-order valence-electron chi connectivity index (χ4n) is 1.66. The monoisotopic (exact) mass is 239 g/mol. The van der Waals surface area contributed by atoms with E-state index in [1.807, 2.05) is 0 Å². The van der Waals surface area contributed by atoms with Crippen LogP contribution in [0.25, 0.3) is 0 Å². The van der Waals surface area contributed by atoms with Crippen LogP contribution in [0.15, 0.2) is 0 Å². The number of carboxylic acids is 2. The Morgan fingerprint density at radius 2 is 1.82 bits per heavy atom. The maximum atomic E-state index is 11.1. The summed E-state index contributed by atoms with van der Waals surface area (Å²) in [5, 5.41) is 18.0. The highest BCUT2D eigenvalue weighted by Gasteiger charge is 2.23. The maximum Gasteiger partial charge on any atom is 0.355 e. The van der Waals surface area contributed by atoms with Crippen molar-refractivity contribution in [2.45, 2.75) is 20.5 Å². The average Bonchev–Trinajstić information content (AvgIpc) is 2.22. The number of aromatic carboxylic acids is 2. The van der Waals surface area contributed by atoms with E-state index in [1.54, 1.807) is 13.8 Å². The number of hydrogen-bond acceptors (Lipinski definition) is 4. The first-order valence-electron chi connectivity index (χ1n) is 4.85. The molecule has 6 nitrogen and oxygen atoms in total. The molecule has 0 unspecified atom stereocenters. The quantitative estimate of drug-likeness (QED) is 0.820. The van der Waals surface area contributed by atoms with Crippen molar-refractivity contribution < 1.29 is 24.5 Å². The molecule has 0 aliphatic rings. The highest BCUT2D eigenvalue weighted by molar-refractivity contribution is 6.01. The molecule has 0 saturated heterocycles. The number of hydrogen-bond donors (Lipinski definition) is 2. The SMILES string of the molecule is COCc1c(C)nc(C(=O)O)c(C(=O)O)c1C. The van der Waals surface area contributed by atoms with E-state index in [2.05, 4.69) is 4.98 Å². The molecule has 6 heteroatoms. The van der Waals surface area contributed by atoms with E-state index in [4.69, 9.17) is 14.9 Å². The van der Waals surface area contributed by atoms with Gasteiger partial charge in [0.2, 0.25) is 0 Å². The standard InChI is InChI=1S/C11H13NO5/c1-5-7(4-17-3)6(2)12-9(11(15)16)8(5)10(13)14/h4H2,1-3H3,(H,13,14)(H,15,16). The molecule has 1 aromatic rings. The molecule has 1 rings (SSSR count). The molecule has 17 heavy (non-hydrogen) atoms. The summed E-state index contributed by atoms with van der Waals surface area (Å²) in [6, 6.07) is 0. The molecule has 92 valence electrons. The van der Waals surface area contributed by atoms with Crippen molar-refractivity contribution in [3.05, 3.63) is 28.1 Å². The second-order valence-corrected chi connectivity index (χ2v) is 3.57. The first kappa shape index (κ1) is 13.1. The summed E-state index contributed by atoms with van der Waals surface area (Å²) in [4.78, 5) is 25.8. The Labute approximate surface area is 97.9 Å². The molecule has 0 radical (unpaired) electrons. The normalized spacial score (nSPS) is 10.3. The van der Waals surface area contributed by atoms with Crippen molar-refractivity contribution >= 4 is 11.9 Å². The summed E-state index contributed by atoms with van der Waals surface area (Å²) in [5.41, 5.74) is 0.730. The Morgan fingerprint density at radius 3 is 2.24 bits per heavy atom. The van der Waals surface area contributed by atoms with Gasteiger partial charge in [0.15, 0.2) is 5.69 Å². The average molecular weight is 239 g/mol. The molecule has 0 aromatic carbocycles. The zero-order valence-corrected chi connectivity index (χ0v) is 9.77. The van der Waals surface area contributed by atoms with Gasteiger partial charge in [-0.15, -0.1) is 0 Å². The Balaban J connectivity index is 3.57. The van der Waals surface area contributed by atoms with Crippen molar-refractivity contribution in [3.63, 3.8) is 0 Å². The first-order chi connectivity index (χ1) is 7.90. The van der Waals surface area contributed by atoms with E-state index in [0.717, 1.165) is 0 Å². The number of carbonyl (C=O) groups is 2. The van der Waals surface area contributed by atoms with Crippen LogP contribution in [0.3, 0.4) is 0 Å². The molecular formula is C11H13NO5. The Kier molecular flexibility index (Phi) is 3.80. The highest BCUT2D eigenvalue weighted by atomic mass is 16.5. The molecule has 0 spiro atoms. The van der Waals surface area contributed by atoms with Gasteiger partial charge in [0.05, 0.1) is 12.2 Å². The van der Waals surface area contributed by atoms with Gasteiger partial charge in [0.25, 0.3) is 0 Å². The molecule has 0 atom stereocenters. The minimum Gasteiger partial charge on any atom is -0.478 e. The second kappa shape index (κ2) is 4.92. The lowest BCUT2D eigenvalue weighted by Crippen LogP contribution is -2.16. The van der Waals surface area contributed by atoms with Crippen LogP contribution in [0.5, 0.6) is 0 Å². The molecule has 2 N–H and O–H groups in total. The highest BCUT2D eigenvalue weighted by Crippen LogP contribution is 2.21. The van der Waals surface area contributed by atoms with E-state index in [1.165, 1.54) is 7.11 Å². The summed E-state index contributed by atoms with van der Waals surface area (Å²) < 4.78 is 4.94.